The Morgan fingerprint density at radius 3 is 2.59 bits per heavy atom. The number of imidazole rings is 1. The van der Waals surface area contributed by atoms with Gasteiger partial charge in [0.1, 0.15) is 6.54 Å². The molecule has 5 rings (SSSR count). The fourth-order valence-electron chi connectivity index (χ4n) is 5.15. The van der Waals surface area contributed by atoms with Crippen molar-refractivity contribution in [2.75, 3.05) is 31.5 Å². The quantitative estimate of drug-likeness (QED) is 0.299. The van der Waals surface area contributed by atoms with Gasteiger partial charge in [-0.1, -0.05) is 30.7 Å². The van der Waals surface area contributed by atoms with Gasteiger partial charge in [-0.2, -0.15) is 0 Å². The smallest absolute Gasteiger partial charge is 0.326 e. The number of fused-ring (bicyclic) bond motifs is 1. The van der Waals surface area contributed by atoms with Gasteiger partial charge < -0.3 is 20.1 Å². The number of carbonyl (C=O) groups excluding carboxylic acids is 3. The summed E-state index contributed by atoms with van der Waals surface area (Å²) in [6.45, 7) is 3.36. The number of aromatic nitrogens is 3. The monoisotopic (exact) mass is 594 g/mol. The van der Waals surface area contributed by atoms with E-state index in [1.807, 2.05) is 31.2 Å². The molecule has 0 spiro atoms. The van der Waals surface area contributed by atoms with E-state index in [2.05, 4.69) is 15.3 Å². The van der Waals surface area contributed by atoms with E-state index in [0.717, 1.165) is 11.0 Å². The number of hydrogen-bond donors (Lipinski definition) is 2. The largest absolute Gasteiger partial charge is 0.342 e. The highest BCUT2D eigenvalue weighted by Crippen LogP contribution is 2.25. The molecule has 214 valence electrons. The maximum absolute atomic E-state index is 13.0. The summed E-state index contributed by atoms with van der Waals surface area (Å²) >= 11 is 7.17. The van der Waals surface area contributed by atoms with Crippen LogP contribution >= 0.6 is 22.9 Å². The van der Waals surface area contributed by atoms with E-state index in [1.54, 1.807) is 39.1 Å². The van der Waals surface area contributed by atoms with Crippen molar-refractivity contribution in [3.05, 3.63) is 80.7 Å². The van der Waals surface area contributed by atoms with Gasteiger partial charge in [0.2, 0.25) is 11.8 Å². The molecule has 0 radical (unpaired) electrons. The Morgan fingerprint density at radius 2 is 1.85 bits per heavy atom. The summed E-state index contributed by atoms with van der Waals surface area (Å²) in [6, 6.07) is 14.2. The maximum Gasteiger partial charge on any atom is 0.326 e. The van der Waals surface area contributed by atoms with Crippen LogP contribution in [-0.4, -0.2) is 68.2 Å². The SMILES string of the molecule is CCCN(CC(=O)Nc1nc(CC(=O)N2CCC(n3c(=O)[nH]c4ccccc43)CC2)cs1)C(=O)c1ccc(Cl)cc1. The zero-order valence-electron chi connectivity index (χ0n) is 22.6. The second kappa shape index (κ2) is 12.7. The summed E-state index contributed by atoms with van der Waals surface area (Å²) in [5.41, 5.74) is 2.61. The number of nitrogens with one attached hydrogen (secondary N) is 2. The number of H-pyrrole nitrogens is 1. The van der Waals surface area contributed by atoms with Crippen LogP contribution in [0.15, 0.2) is 58.7 Å². The van der Waals surface area contributed by atoms with E-state index < -0.39 is 0 Å². The first-order valence-corrected chi connectivity index (χ1v) is 14.8. The van der Waals surface area contributed by atoms with Crippen LogP contribution in [0.2, 0.25) is 5.02 Å². The molecule has 12 heteroatoms. The highest BCUT2D eigenvalue weighted by Gasteiger charge is 2.26. The average molecular weight is 595 g/mol. The Morgan fingerprint density at radius 1 is 1.12 bits per heavy atom. The van der Waals surface area contributed by atoms with Crippen molar-refractivity contribution in [2.24, 2.45) is 0 Å². The maximum atomic E-state index is 13.0. The topological polar surface area (TPSA) is 120 Å². The number of amides is 3. The number of carbonyl (C=O) groups is 3. The second-order valence-electron chi connectivity index (χ2n) is 10.0. The molecule has 10 nitrogen and oxygen atoms in total. The third-order valence-electron chi connectivity index (χ3n) is 7.14. The Hall–Kier alpha value is -3.96. The second-order valence-corrected chi connectivity index (χ2v) is 11.3. The Kier molecular flexibility index (Phi) is 8.84. The molecule has 1 aliphatic heterocycles. The van der Waals surface area contributed by atoms with Crippen molar-refractivity contribution >= 4 is 56.8 Å². The summed E-state index contributed by atoms with van der Waals surface area (Å²) in [5, 5.41) is 5.43. The van der Waals surface area contributed by atoms with Crippen molar-refractivity contribution in [1.82, 2.24) is 24.3 Å². The minimum absolute atomic E-state index is 0.0302. The van der Waals surface area contributed by atoms with Gasteiger partial charge in [0.25, 0.3) is 5.91 Å². The predicted molar refractivity (Wildman–Crippen MR) is 160 cm³/mol. The van der Waals surface area contributed by atoms with Crippen LogP contribution in [0.25, 0.3) is 11.0 Å². The zero-order valence-corrected chi connectivity index (χ0v) is 24.2. The molecular weight excluding hydrogens is 564 g/mol. The molecule has 0 aliphatic carbocycles. The van der Waals surface area contributed by atoms with Crippen molar-refractivity contribution in [1.29, 1.82) is 0 Å². The molecular formula is C29H31ClN6O4S. The molecule has 2 N–H and O–H groups in total. The number of para-hydroxylation sites is 2. The van der Waals surface area contributed by atoms with Crippen LogP contribution in [0.3, 0.4) is 0 Å². The van der Waals surface area contributed by atoms with E-state index in [9.17, 15) is 19.2 Å². The van der Waals surface area contributed by atoms with Gasteiger partial charge in [-0.3, -0.25) is 19.0 Å². The summed E-state index contributed by atoms with van der Waals surface area (Å²) < 4.78 is 1.80. The minimum Gasteiger partial charge on any atom is -0.342 e. The number of thiazole rings is 1. The highest BCUT2D eigenvalue weighted by molar-refractivity contribution is 7.13. The van der Waals surface area contributed by atoms with Gasteiger partial charge in [-0.25, -0.2) is 9.78 Å². The van der Waals surface area contributed by atoms with Crippen LogP contribution in [0, 0.1) is 0 Å². The van der Waals surface area contributed by atoms with Gasteiger partial charge in [0.15, 0.2) is 5.13 Å². The molecule has 41 heavy (non-hydrogen) atoms. The first-order valence-electron chi connectivity index (χ1n) is 13.6. The van der Waals surface area contributed by atoms with Crippen molar-refractivity contribution in [3.63, 3.8) is 0 Å². The van der Waals surface area contributed by atoms with Crippen molar-refractivity contribution in [3.8, 4) is 0 Å². The number of benzene rings is 2. The number of hydrogen-bond acceptors (Lipinski definition) is 6. The predicted octanol–water partition coefficient (Wildman–Crippen LogP) is 4.34. The highest BCUT2D eigenvalue weighted by atomic mass is 35.5. The Labute approximate surface area is 245 Å². The summed E-state index contributed by atoms with van der Waals surface area (Å²) in [5.74, 6) is -0.648. The van der Waals surface area contributed by atoms with E-state index >= 15 is 0 Å². The van der Waals surface area contributed by atoms with Crippen molar-refractivity contribution in [2.45, 2.75) is 38.6 Å². The van der Waals surface area contributed by atoms with Gasteiger partial charge in [-0.15, -0.1) is 11.3 Å². The van der Waals surface area contributed by atoms with Crippen LogP contribution in [0.1, 0.15) is 48.3 Å². The fourth-order valence-corrected chi connectivity index (χ4v) is 6.00. The number of anilines is 1. The zero-order chi connectivity index (χ0) is 28.9. The van der Waals surface area contributed by atoms with Gasteiger partial charge in [0, 0.05) is 41.6 Å². The number of piperidine rings is 1. The Bertz CT molecular complexity index is 1600. The number of halogens is 1. The molecule has 3 amide bonds. The lowest BCUT2D eigenvalue weighted by Gasteiger charge is -2.32. The lowest BCUT2D eigenvalue weighted by atomic mass is 10.0. The molecule has 1 fully saturated rings. The van der Waals surface area contributed by atoms with Crippen LogP contribution < -0.4 is 11.0 Å². The molecule has 1 aliphatic rings. The molecule has 2 aromatic carbocycles. The lowest BCUT2D eigenvalue weighted by molar-refractivity contribution is -0.131. The normalized spacial score (nSPS) is 13.9. The lowest BCUT2D eigenvalue weighted by Crippen LogP contribution is -2.41. The van der Waals surface area contributed by atoms with E-state index in [0.29, 0.717) is 60.3 Å². The summed E-state index contributed by atoms with van der Waals surface area (Å²) in [6.07, 6.45) is 2.21. The molecule has 0 atom stereocenters. The Balaban J connectivity index is 1.13. The third-order valence-corrected chi connectivity index (χ3v) is 8.20. The molecule has 0 saturated carbocycles. The van der Waals surface area contributed by atoms with Crippen LogP contribution in [-0.2, 0) is 16.0 Å². The number of aromatic amines is 1. The number of nitrogens with zero attached hydrogens (tertiary/aromatic N) is 4. The summed E-state index contributed by atoms with van der Waals surface area (Å²) in [4.78, 5) is 61.8. The van der Waals surface area contributed by atoms with Crippen molar-refractivity contribution < 1.29 is 14.4 Å². The van der Waals surface area contributed by atoms with E-state index in [4.69, 9.17) is 11.6 Å². The van der Waals surface area contributed by atoms with E-state index in [1.165, 1.54) is 16.2 Å². The minimum atomic E-state index is -0.359. The summed E-state index contributed by atoms with van der Waals surface area (Å²) in [7, 11) is 0. The fraction of sp³-hybridized carbons (Fsp3) is 0.345. The number of rotatable bonds is 9. The standard InChI is InChI=1S/C29H31ClN6O4S/c1-2-13-35(27(39)19-7-9-20(30)10-8-19)17-25(37)33-28-31-21(18-41-28)16-26(38)34-14-11-22(12-15-34)36-24-6-4-3-5-23(24)32-29(36)40/h3-10,18,22H,2,11-17H2,1H3,(H,32,40)(H,31,33,37). The molecule has 0 unspecified atom stereocenters. The van der Waals surface area contributed by atoms with Gasteiger partial charge in [0.05, 0.1) is 23.1 Å². The molecule has 4 aromatic rings. The van der Waals surface area contributed by atoms with Crippen LogP contribution in [0.5, 0.6) is 0 Å². The van der Waals surface area contributed by atoms with Gasteiger partial charge in [-0.05, 0) is 55.7 Å². The van der Waals surface area contributed by atoms with Crippen LogP contribution in [0.4, 0.5) is 5.13 Å². The molecule has 2 aromatic heterocycles. The van der Waals surface area contributed by atoms with E-state index in [-0.39, 0.29) is 42.4 Å². The number of likely N-dealkylation sites (tertiary alicyclic amines) is 1. The first kappa shape index (κ1) is 28.6. The average Bonchev–Trinajstić information content (AvgIpc) is 3.55. The molecule has 0 bridgehead atoms. The third kappa shape index (κ3) is 6.68. The first-order chi connectivity index (χ1) is 19.8. The molecule has 1 saturated heterocycles. The molecule has 3 heterocycles. The van der Waals surface area contributed by atoms with Gasteiger partial charge >= 0.3 is 5.69 Å².